The number of pyridine rings is 1. The molecule has 0 fully saturated rings. The number of nitrogens with one attached hydrogen (secondary N) is 1. The second-order valence-electron chi connectivity index (χ2n) is 3.82. The minimum Gasteiger partial charge on any atom is -0.465 e. The quantitative estimate of drug-likeness (QED) is 0.666. The van der Waals surface area contributed by atoms with Gasteiger partial charge in [-0.05, 0) is 46.9 Å². The fourth-order valence-corrected chi connectivity index (χ4v) is 2.24. The van der Waals surface area contributed by atoms with Gasteiger partial charge < -0.3 is 10.1 Å². The number of anilines is 1. The summed E-state index contributed by atoms with van der Waals surface area (Å²) in [5.74, 6) is -0.368. The summed E-state index contributed by atoms with van der Waals surface area (Å²) in [5, 5.41) is 3.27. The molecule has 0 aliphatic heterocycles. The van der Waals surface area contributed by atoms with Gasteiger partial charge >= 0.3 is 5.97 Å². The number of para-hydroxylation sites is 1. The Balaban J connectivity index is 2.16. The smallest absolute Gasteiger partial charge is 0.339 e. The van der Waals surface area contributed by atoms with E-state index in [0.29, 0.717) is 17.8 Å². The maximum Gasteiger partial charge on any atom is 0.339 e. The zero-order valence-electron chi connectivity index (χ0n) is 10.4. The van der Waals surface area contributed by atoms with Gasteiger partial charge in [0, 0.05) is 15.5 Å². The van der Waals surface area contributed by atoms with E-state index in [1.165, 1.54) is 7.11 Å². The summed E-state index contributed by atoms with van der Waals surface area (Å²) in [4.78, 5) is 15.8. The van der Waals surface area contributed by atoms with Gasteiger partial charge in [0.15, 0.2) is 0 Å². The normalized spacial score (nSPS) is 10.0. The molecule has 1 heterocycles. The number of halogens is 1. The van der Waals surface area contributed by atoms with Crippen LogP contribution in [0, 0.1) is 3.57 Å². The Labute approximate surface area is 125 Å². The van der Waals surface area contributed by atoms with Gasteiger partial charge in [0.2, 0.25) is 0 Å². The molecule has 2 rings (SSSR count). The molecule has 0 radical (unpaired) electrons. The number of carbonyl (C=O) groups is 1. The van der Waals surface area contributed by atoms with Crippen molar-refractivity contribution < 1.29 is 9.53 Å². The van der Waals surface area contributed by atoms with Gasteiger partial charge in [-0.2, -0.15) is 0 Å². The predicted octanol–water partition coefficient (Wildman–Crippen LogP) is 3.08. The molecular formula is C14H13IN2O2. The summed E-state index contributed by atoms with van der Waals surface area (Å²) in [5.41, 5.74) is 2.18. The van der Waals surface area contributed by atoms with Crippen molar-refractivity contribution in [2.75, 3.05) is 12.4 Å². The summed E-state index contributed by atoms with van der Waals surface area (Å²) in [6.07, 6.45) is 1.67. The Morgan fingerprint density at radius 3 is 2.84 bits per heavy atom. The molecule has 0 saturated carbocycles. The first-order valence-corrected chi connectivity index (χ1v) is 6.81. The lowest BCUT2D eigenvalue weighted by Gasteiger charge is -2.10. The number of nitrogens with zero attached hydrogens (tertiary/aromatic N) is 1. The molecule has 0 atom stereocenters. The van der Waals surface area contributed by atoms with Crippen LogP contribution in [-0.4, -0.2) is 18.1 Å². The third kappa shape index (κ3) is 3.44. The Kier molecular flexibility index (Phi) is 4.73. The molecule has 1 aromatic heterocycles. The van der Waals surface area contributed by atoms with Gasteiger partial charge in [-0.15, -0.1) is 0 Å². The zero-order valence-corrected chi connectivity index (χ0v) is 12.5. The summed E-state index contributed by atoms with van der Waals surface area (Å²) in [7, 11) is 1.37. The molecule has 1 aromatic carbocycles. The number of ether oxygens (including phenoxy) is 1. The molecule has 4 nitrogen and oxygen atoms in total. The van der Waals surface area contributed by atoms with Crippen molar-refractivity contribution in [1.82, 2.24) is 4.98 Å². The minimum atomic E-state index is -0.368. The Morgan fingerprint density at radius 2 is 2.11 bits per heavy atom. The van der Waals surface area contributed by atoms with Crippen LogP contribution < -0.4 is 5.32 Å². The molecule has 0 aliphatic rings. The Morgan fingerprint density at radius 1 is 1.32 bits per heavy atom. The Hall–Kier alpha value is -1.63. The minimum absolute atomic E-state index is 0.368. The number of hydrogen-bond donors (Lipinski definition) is 1. The van der Waals surface area contributed by atoms with Crippen molar-refractivity contribution in [3.8, 4) is 0 Å². The SMILES string of the molecule is COC(=O)c1cccnc1CNc1ccccc1I. The maximum atomic E-state index is 11.6. The largest absolute Gasteiger partial charge is 0.465 e. The second kappa shape index (κ2) is 6.51. The average Bonchev–Trinajstić information content (AvgIpc) is 2.46. The van der Waals surface area contributed by atoms with Crippen molar-refractivity contribution in [2.45, 2.75) is 6.54 Å². The lowest BCUT2D eigenvalue weighted by Crippen LogP contribution is -2.11. The number of benzene rings is 1. The molecule has 1 N–H and O–H groups in total. The maximum absolute atomic E-state index is 11.6. The van der Waals surface area contributed by atoms with Gasteiger partial charge in [-0.25, -0.2) is 4.79 Å². The molecule has 0 bridgehead atoms. The van der Waals surface area contributed by atoms with E-state index in [9.17, 15) is 4.79 Å². The van der Waals surface area contributed by atoms with Crippen molar-refractivity contribution in [1.29, 1.82) is 0 Å². The first-order chi connectivity index (χ1) is 9.22. The van der Waals surface area contributed by atoms with Crippen LogP contribution >= 0.6 is 22.6 Å². The second-order valence-corrected chi connectivity index (χ2v) is 4.98. The van der Waals surface area contributed by atoms with E-state index in [1.54, 1.807) is 18.3 Å². The van der Waals surface area contributed by atoms with Gasteiger partial charge in [0.05, 0.1) is 24.9 Å². The van der Waals surface area contributed by atoms with E-state index in [1.807, 2.05) is 24.3 Å². The topological polar surface area (TPSA) is 51.2 Å². The van der Waals surface area contributed by atoms with Gasteiger partial charge in [0.25, 0.3) is 0 Å². The molecule has 19 heavy (non-hydrogen) atoms. The molecule has 0 unspecified atom stereocenters. The molecule has 2 aromatic rings. The summed E-state index contributed by atoms with van der Waals surface area (Å²) in [6.45, 7) is 0.477. The van der Waals surface area contributed by atoms with Crippen molar-refractivity contribution >= 4 is 34.2 Å². The highest BCUT2D eigenvalue weighted by Gasteiger charge is 2.12. The fourth-order valence-electron chi connectivity index (χ4n) is 1.66. The molecule has 0 spiro atoms. The standard InChI is InChI=1S/C14H13IN2O2/c1-19-14(18)10-5-4-8-16-13(10)9-17-12-7-3-2-6-11(12)15/h2-8,17H,9H2,1H3. The van der Waals surface area contributed by atoms with Crippen LogP contribution in [0.25, 0.3) is 0 Å². The number of methoxy groups -OCH3 is 1. The monoisotopic (exact) mass is 368 g/mol. The summed E-state index contributed by atoms with van der Waals surface area (Å²) < 4.78 is 5.87. The summed E-state index contributed by atoms with van der Waals surface area (Å²) >= 11 is 2.26. The van der Waals surface area contributed by atoms with Crippen LogP contribution in [-0.2, 0) is 11.3 Å². The predicted molar refractivity (Wildman–Crippen MR) is 82.1 cm³/mol. The van der Waals surface area contributed by atoms with E-state index in [4.69, 9.17) is 4.74 Å². The molecule has 0 saturated heterocycles. The molecule has 98 valence electrons. The number of rotatable bonds is 4. The van der Waals surface area contributed by atoms with E-state index in [0.717, 1.165) is 9.26 Å². The van der Waals surface area contributed by atoms with Crippen LogP contribution in [0.2, 0.25) is 0 Å². The van der Waals surface area contributed by atoms with Gasteiger partial charge in [-0.3, -0.25) is 4.98 Å². The highest BCUT2D eigenvalue weighted by molar-refractivity contribution is 14.1. The van der Waals surface area contributed by atoms with E-state index < -0.39 is 0 Å². The van der Waals surface area contributed by atoms with E-state index >= 15 is 0 Å². The molecule has 0 aliphatic carbocycles. The van der Waals surface area contributed by atoms with E-state index in [-0.39, 0.29) is 5.97 Å². The van der Waals surface area contributed by atoms with Crippen LogP contribution in [0.4, 0.5) is 5.69 Å². The Bertz CT molecular complexity index is 587. The first-order valence-electron chi connectivity index (χ1n) is 5.73. The average molecular weight is 368 g/mol. The fraction of sp³-hybridized carbons (Fsp3) is 0.143. The van der Waals surface area contributed by atoms with Crippen LogP contribution in [0.15, 0.2) is 42.6 Å². The van der Waals surface area contributed by atoms with Gasteiger partial charge in [-0.1, -0.05) is 12.1 Å². The van der Waals surface area contributed by atoms with Crippen LogP contribution in [0.5, 0.6) is 0 Å². The highest BCUT2D eigenvalue weighted by atomic mass is 127. The number of esters is 1. The molecule has 5 heteroatoms. The van der Waals surface area contributed by atoms with Gasteiger partial charge in [0.1, 0.15) is 0 Å². The summed E-state index contributed by atoms with van der Waals surface area (Å²) in [6, 6.07) is 11.4. The number of hydrogen-bond acceptors (Lipinski definition) is 4. The lowest BCUT2D eigenvalue weighted by atomic mass is 10.2. The third-order valence-electron chi connectivity index (χ3n) is 2.62. The lowest BCUT2D eigenvalue weighted by molar-refractivity contribution is 0.0599. The van der Waals surface area contributed by atoms with Crippen molar-refractivity contribution in [3.63, 3.8) is 0 Å². The zero-order chi connectivity index (χ0) is 13.7. The number of aromatic nitrogens is 1. The van der Waals surface area contributed by atoms with E-state index in [2.05, 4.69) is 32.9 Å². The molecule has 0 amide bonds. The molecular weight excluding hydrogens is 355 g/mol. The van der Waals surface area contributed by atoms with Crippen molar-refractivity contribution in [2.24, 2.45) is 0 Å². The van der Waals surface area contributed by atoms with Crippen molar-refractivity contribution in [3.05, 3.63) is 57.4 Å². The van der Waals surface area contributed by atoms with Crippen LogP contribution in [0.1, 0.15) is 16.1 Å². The van der Waals surface area contributed by atoms with Crippen LogP contribution in [0.3, 0.4) is 0 Å². The first kappa shape index (κ1) is 13.8. The third-order valence-corrected chi connectivity index (χ3v) is 3.56. The highest BCUT2D eigenvalue weighted by Crippen LogP contribution is 2.18. The number of carbonyl (C=O) groups excluding carboxylic acids is 1.